The van der Waals surface area contributed by atoms with E-state index in [2.05, 4.69) is 10.6 Å². The highest BCUT2D eigenvalue weighted by atomic mass is 35.5. The zero-order valence-corrected chi connectivity index (χ0v) is 18.5. The van der Waals surface area contributed by atoms with Crippen molar-refractivity contribution in [3.8, 4) is 0 Å². The Hall–Kier alpha value is -4.09. The van der Waals surface area contributed by atoms with E-state index in [1.807, 2.05) is 54.6 Å². The number of amides is 1. The van der Waals surface area contributed by atoms with Crippen LogP contribution in [0.3, 0.4) is 0 Å². The highest BCUT2D eigenvalue weighted by Crippen LogP contribution is 2.18. The van der Waals surface area contributed by atoms with Gasteiger partial charge in [0.25, 0.3) is 0 Å². The number of nitrogens with one attached hydrogen (secondary N) is 2. The van der Waals surface area contributed by atoms with Crippen molar-refractivity contribution >= 4 is 40.7 Å². The Bertz CT molecular complexity index is 1190. The van der Waals surface area contributed by atoms with Crippen molar-refractivity contribution in [3.05, 3.63) is 125 Å². The molecule has 3 aromatic rings. The van der Waals surface area contributed by atoms with E-state index < -0.39 is 11.7 Å². The van der Waals surface area contributed by atoms with Gasteiger partial charge >= 0.3 is 0 Å². The molecule has 166 valence electrons. The van der Waals surface area contributed by atoms with Gasteiger partial charge in [-0.25, -0.2) is 0 Å². The van der Waals surface area contributed by atoms with E-state index in [4.69, 9.17) is 11.6 Å². The van der Waals surface area contributed by atoms with Crippen molar-refractivity contribution in [1.29, 1.82) is 0 Å². The molecular weight excluding hydrogens is 436 g/mol. The van der Waals surface area contributed by atoms with Crippen molar-refractivity contribution in [2.45, 2.75) is 6.42 Å². The normalized spacial score (nSPS) is 11.9. The first-order valence-corrected chi connectivity index (χ1v) is 10.6. The number of aliphatic hydroxyl groups excluding tert-OH is 1. The van der Waals surface area contributed by atoms with E-state index >= 15 is 0 Å². The molecule has 0 spiro atoms. The molecule has 1 amide bonds. The zero-order valence-electron chi connectivity index (χ0n) is 17.7. The van der Waals surface area contributed by atoms with Gasteiger partial charge in [0.2, 0.25) is 5.91 Å². The van der Waals surface area contributed by atoms with Gasteiger partial charge in [0.15, 0.2) is 5.78 Å². The van der Waals surface area contributed by atoms with Crippen LogP contribution in [0.5, 0.6) is 0 Å². The van der Waals surface area contributed by atoms with E-state index in [-0.39, 0.29) is 12.2 Å². The number of hydrogen-bond donors (Lipinski definition) is 3. The monoisotopic (exact) mass is 458 g/mol. The average Bonchev–Trinajstić information content (AvgIpc) is 2.79. The molecule has 3 rings (SSSR count). The summed E-state index contributed by atoms with van der Waals surface area (Å²) in [6.07, 6.45) is 5.52. The number of ketones is 1. The summed E-state index contributed by atoms with van der Waals surface area (Å²) in [6, 6.07) is 25.3. The van der Waals surface area contributed by atoms with E-state index in [9.17, 15) is 14.7 Å². The maximum atomic E-state index is 12.5. The Morgan fingerprint density at radius 2 is 1.36 bits per heavy atom. The largest absolute Gasteiger partial charge is 0.508 e. The Labute approximate surface area is 197 Å². The third-order valence-corrected chi connectivity index (χ3v) is 4.76. The third kappa shape index (κ3) is 8.16. The molecule has 0 aliphatic carbocycles. The first kappa shape index (κ1) is 23.6. The molecule has 33 heavy (non-hydrogen) atoms. The fourth-order valence-corrected chi connectivity index (χ4v) is 3.10. The predicted molar refractivity (Wildman–Crippen MR) is 134 cm³/mol. The third-order valence-electron chi connectivity index (χ3n) is 4.41. The van der Waals surface area contributed by atoms with Crippen molar-refractivity contribution in [2.75, 3.05) is 10.6 Å². The number of aliphatic hydroxyl groups is 1. The van der Waals surface area contributed by atoms with Gasteiger partial charge in [-0.1, -0.05) is 66.2 Å². The fraction of sp³-hybridized carbons (Fsp3) is 0.0370. The summed E-state index contributed by atoms with van der Waals surface area (Å²) in [4.78, 5) is 24.7. The van der Waals surface area contributed by atoms with Crippen LogP contribution < -0.4 is 10.6 Å². The lowest BCUT2D eigenvalue weighted by atomic mass is 10.1. The molecule has 0 fully saturated rings. The molecule has 0 saturated carbocycles. The Balaban J connectivity index is 1.75. The fourth-order valence-electron chi connectivity index (χ4n) is 2.90. The van der Waals surface area contributed by atoms with Crippen molar-refractivity contribution in [3.63, 3.8) is 0 Å². The molecule has 3 aromatic carbocycles. The molecule has 0 aliphatic heterocycles. The van der Waals surface area contributed by atoms with Crippen molar-refractivity contribution in [2.24, 2.45) is 0 Å². The standard InChI is InChI=1S/C27H23ClN2O3/c28-26-14-8-7-9-20(26)15-16-24(31)17-23(29-21-10-3-1-4-11-21)18-25(32)19-27(33)30-22-12-5-2-6-13-22/h1-18,29,31H,19H2,(H,30,33)/b16-15+,23-18-,24-17-. The first-order valence-electron chi connectivity index (χ1n) is 10.2. The smallest absolute Gasteiger partial charge is 0.232 e. The van der Waals surface area contributed by atoms with Crippen LogP contribution in [-0.2, 0) is 9.59 Å². The van der Waals surface area contributed by atoms with E-state index in [1.165, 1.54) is 18.2 Å². The van der Waals surface area contributed by atoms with Gasteiger partial charge in [-0.15, -0.1) is 0 Å². The van der Waals surface area contributed by atoms with Crippen molar-refractivity contribution < 1.29 is 14.7 Å². The van der Waals surface area contributed by atoms with Crippen LogP contribution in [0.2, 0.25) is 5.02 Å². The number of anilines is 2. The van der Waals surface area contributed by atoms with Crippen LogP contribution in [0.25, 0.3) is 6.08 Å². The van der Waals surface area contributed by atoms with Gasteiger partial charge in [0.1, 0.15) is 5.76 Å². The summed E-state index contributed by atoms with van der Waals surface area (Å²) in [5.74, 6) is -0.930. The number of allylic oxidation sites excluding steroid dienone is 3. The lowest BCUT2D eigenvalue weighted by Crippen LogP contribution is -2.16. The van der Waals surface area contributed by atoms with Crippen LogP contribution in [0, 0.1) is 0 Å². The lowest BCUT2D eigenvalue weighted by molar-refractivity contribution is -0.122. The Morgan fingerprint density at radius 1 is 0.788 bits per heavy atom. The number of carbonyl (C=O) groups excluding carboxylic acids is 2. The Kier molecular flexibility index (Phi) is 8.63. The Morgan fingerprint density at radius 3 is 2.00 bits per heavy atom. The summed E-state index contributed by atoms with van der Waals surface area (Å²) in [5.41, 5.74) is 2.42. The minimum absolute atomic E-state index is 0.0915. The molecule has 0 saturated heterocycles. The second kappa shape index (κ2) is 12.1. The zero-order chi connectivity index (χ0) is 23.5. The summed E-state index contributed by atoms with van der Waals surface area (Å²) >= 11 is 6.14. The molecule has 0 radical (unpaired) electrons. The maximum absolute atomic E-state index is 12.5. The minimum atomic E-state index is -0.423. The lowest BCUT2D eigenvalue weighted by Gasteiger charge is -2.08. The molecule has 6 heteroatoms. The summed E-state index contributed by atoms with van der Waals surface area (Å²) < 4.78 is 0. The number of benzene rings is 3. The topological polar surface area (TPSA) is 78.4 Å². The van der Waals surface area contributed by atoms with Gasteiger partial charge in [-0.05, 0) is 48.0 Å². The molecule has 3 N–H and O–H groups in total. The molecule has 0 heterocycles. The molecule has 0 bridgehead atoms. The van der Waals surface area contributed by atoms with E-state index in [0.717, 1.165) is 11.3 Å². The SMILES string of the molecule is O=C(/C=C(/C=C(O)/C=C/c1ccccc1Cl)Nc1ccccc1)CC(=O)Nc1ccccc1. The average molecular weight is 459 g/mol. The van der Waals surface area contributed by atoms with Crippen LogP contribution in [-0.4, -0.2) is 16.8 Å². The molecule has 5 nitrogen and oxygen atoms in total. The second-order valence-corrected chi connectivity index (χ2v) is 7.48. The number of halogens is 1. The van der Waals surface area contributed by atoms with Gasteiger partial charge in [-0.3, -0.25) is 9.59 Å². The summed E-state index contributed by atoms with van der Waals surface area (Å²) in [7, 11) is 0. The van der Waals surface area contributed by atoms with Gasteiger partial charge in [0.05, 0.1) is 6.42 Å². The maximum Gasteiger partial charge on any atom is 0.232 e. The molecule has 0 aromatic heterocycles. The van der Waals surface area contributed by atoms with Gasteiger partial charge in [-0.2, -0.15) is 0 Å². The summed E-state index contributed by atoms with van der Waals surface area (Å²) in [6.45, 7) is 0. The highest BCUT2D eigenvalue weighted by molar-refractivity contribution is 6.32. The van der Waals surface area contributed by atoms with E-state index in [1.54, 1.807) is 36.4 Å². The number of rotatable bonds is 9. The van der Waals surface area contributed by atoms with Crippen molar-refractivity contribution in [1.82, 2.24) is 0 Å². The quantitative estimate of drug-likeness (QED) is 0.150. The van der Waals surface area contributed by atoms with Crippen LogP contribution in [0.1, 0.15) is 12.0 Å². The molecule has 0 unspecified atom stereocenters. The van der Waals surface area contributed by atoms with E-state index in [0.29, 0.717) is 16.4 Å². The summed E-state index contributed by atoms with van der Waals surface area (Å²) in [5, 5.41) is 16.7. The number of carbonyl (C=O) groups is 2. The highest BCUT2D eigenvalue weighted by Gasteiger charge is 2.09. The number of para-hydroxylation sites is 2. The van der Waals surface area contributed by atoms with Crippen LogP contribution in [0.15, 0.2) is 115 Å². The van der Waals surface area contributed by atoms with Gasteiger partial charge < -0.3 is 15.7 Å². The molecule has 0 aliphatic rings. The molecule has 0 atom stereocenters. The van der Waals surface area contributed by atoms with Crippen LogP contribution in [0.4, 0.5) is 11.4 Å². The minimum Gasteiger partial charge on any atom is -0.508 e. The predicted octanol–water partition coefficient (Wildman–Crippen LogP) is 6.39. The second-order valence-electron chi connectivity index (χ2n) is 7.07. The van der Waals surface area contributed by atoms with Gasteiger partial charge in [0, 0.05) is 34.2 Å². The van der Waals surface area contributed by atoms with Crippen LogP contribution >= 0.6 is 11.6 Å². The first-order chi connectivity index (χ1) is 16.0. The number of hydrogen-bond acceptors (Lipinski definition) is 4. The molecular formula is C27H23ClN2O3.